The van der Waals surface area contributed by atoms with Crippen molar-refractivity contribution in [2.45, 2.75) is 37.6 Å². The molecular weight excluding hydrogens is 180 g/mol. The first kappa shape index (κ1) is 9.24. The first-order valence-electron chi connectivity index (χ1n) is 4.97. The molecule has 0 aliphatic heterocycles. The molecule has 14 heavy (non-hydrogen) atoms. The van der Waals surface area contributed by atoms with Gasteiger partial charge in [-0.15, -0.1) is 0 Å². The van der Waals surface area contributed by atoms with E-state index >= 15 is 0 Å². The molecule has 4 heteroatoms. The third-order valence-corrected chi connectivity index (χ3v) is 3.08. The van der Waals surface area contributed by atoms with Gasteiger partial charge >= 0.3 is 5.97 Å². The van der Waals surface area contributed by atoms with Crippen molar-refractivity contribution in [3.63, 3.8) is 0 Å². The number of rotatable bonds is 2. The first-order chi connectivity index (χ1) is 6.76. The predicted octanol–water partition coefficient (Wildman–Crippen LogP) is 1.63. The number of nitrogens with zero attached hydrogens (tertiary/aromatic N) is 2. The van der Waals surface area contributed by atoms with Crippen LogP contribution in [0.15, 0.2) is 18.7 Å². The van der Waals surface area contributed by atoms with Crippen molar-refractivity contribution in [1.29, 1.82) is 0 Å². The Kier molecular flexibility index (Phi) is 2.27. The highest BCUT2D eigenvalue weighted by Crippen LogP contribution is 2.34. The van der Waals surface area contributed by atoms with E-state index in [9.17, 15) is 9.90 Å². The maximum Gasteiger partial charge on any atom is 0.329 e. The monoisotopic (exact) mass is 194 g/mol. The van der Waals surface area contributed by atoms with Crippen LogP contribution in [0, 0.1) is 0 Å². The average Bonchev–Trinajstić information content (AvgIpc) is 2.72. The molecule has 4 nitrogen and oxygen atoms in total. The molecule has 1 aliphatic rings. The zero-order chi connectivity index (χ0) is 10.0. The molecule has 1 N–H and O–H groups in total. The zero-order valence-corrected chi connectivity index (χ0v) is 8.02. The largest absolute Gasteiger partial charge is 0.479 e. The van der Waals surface area contributed by atoms with Crippen molar-refractivity contribution in [2.75, 3.05) is 0 Å². The Morgan fingerprint density at radius 1 is 1.36 bits per heavy atom. The second-order valence-electron chi connectivity index (χ2n) is 3.87. The summed E-state index contributed by atoms with van der Waals surface area (Å²) < 4.78 is 1.74. The first-order valence-corrected chi connectivity index (χ1v) is 4.97. The lowest BCUT2D eigenvalue weighted by Crippen LogP contribution is -2.42. The summed E-state index contributed by atoms with van der Waals surface area (Å²) in [6.07, 6.45) is 9.56. The molecule has 1 aromatic rings. The van der Waals surface area contributed by atoms with E-state index in [2.05, 4.69) is 4.98 Å². The molecule has 0 amide bonds. The fourth-order valence-electron chi connectivity index (χ4n) is 2.23. The summed E-state index contributed by atoms with van der Waals surface area (Å²) in [4.78, 5) is 15.3. The van der Waals surface area contributed by atoms with Crippen LogP contribution in [0.1, 0.15) is 32.1 Å². The van der Waals surface area contributed by atoms with Crippen LogP contribution in [0.5, 0.6) is 0 Å². The highest BCUT2D eigenvalue weighted by Gasteiger charge is 2.40. The number of hydrogen-bond donors (Lipinski definition) is 1. The molecule has 1 saturated carbocycles. The molecule has 1 aromatic heterocycles. The van der Waals surface area contributed by atoms with Crippen molar-refractivity contribution in [3.05, 3.63) is 18.7 Å². The normalized spacial score (nSPS) is 20.6. The Morgan fingerprint density at radius 2 is 2.07 bits per heavy atom. The Hall–Kier alpha value is -1.32. The SMILES string of the molecule is O=C(O)C1(n2ccnc2)CCCCC1. The van der Waals surface area contributed by atoms with Crippen molar-refractivity contribution in [3.8, 4) is 0 Å². The van der Waals surface area contributed by atoms with Crippen LogP contribution in [0.2, 0.25) is 0 Å². The van der Waals surface area contributed by atoms with Crippen LogP contribution in [0.3, 0.4) is 0 Å². The van der Waals surface area contributed by atoms with Crippen LogP contribution in [-0.4, -0.2) is 20.6 Å². The lowest BCUT2D eigenvalue weighted by atomic mass is 9.81. The van der Waals surface area contributed by atoms with E-state index in [-0.39, 0.29) is 0 Å². The van der Waals surface area contributed by atoms with Gasteiger partial charge in [-0.2, -0.15) is 0 Å². The van der Waals surface area contributed by atoms with Gasteiger partial charge in [-0.25, -0.2) is 9.78 Å². The third kappa shape index (κ3) is 1.31. The predicted molar refractivity (Wildman–Crippen MR) is 50.9 cm³/mol. The van der Waals surface area contributed by atoms with Gasteiger partial charge in [-0.05, 0) is 12.8 Å². The van der Waals surface area contributed by atoms with Gasteiger partial charge in [0.25, 0.3) is 0 Å². The van der Waals surface area contributed by atoms with E-state index in [1.807, 2.05) is 0 Å². The Morgan fingerprint density at radius 3 is 2.57 bits per heavy atom. The molecule has 0 radical (unpaired) electrons. The summed E-state index contributed by atoms with van der Waals surface area (Å²) in [5.41, 5.74) is -0.727. The van der Waals surface area contributed by atoms with Gasteiger partial charge in [-0.3, -0.25) is 0 Å². The van der Waals surface area contributed by atoms with Gasteiger partial charge in [0.05, 0.1) is 6.33 Å². The molecule has 0 atom stereocenters. The zero-order valence-electron chi connectivity index (χ0n) is 8.02. The number of aliphatic carboxylic acids is 1. The van der Waals surface area contributed by atoms with Crippen molar-refractivity contribution in [2.24, 2.45) is 0 Å². The minimum Gasteiger partial charge on any atom is -0.479 e. The molecule has 76 valence electrons. The van der Waals surface area contributed by atoms with Gasteiger partial charge in [0, 0.05) is 12.4 Å². The highest BCUT2D eigenvalue weighted by molar-refractivity contribution is 5.76. The number of carboxylic acids is 1. The quantitative estimate of drug-likeness (QED) is 0.778. The van der Waals surface area contributed by atoms with Crippen LogP contribution < -0.4 is 0 Å². The Balaban J connectivity index is 2.35. The molecule has 2 rings (SSSR count). The lowest BCUT2D eigenvalue weighted by Gasteiger charge is -2.34. The van der Waals surface area contributed by atoms with E-state index in [0.29, 0.717) is 0 Å². The summed E-state index contributed by atoms with van der Waals surface area (Å²) in [5.74, 6) is -0.727. The molecule has 1 aliphatic carbocycles. The summed E-state index contributed by atoms with van der Waals surface area (Å²) in [6, 6.07) is 0. The topological polar surface area (TPSA) is 55.1 Å². The number of carbonyl (C=O) groups is 1. The van der Waals surface area contributed by atoms with Gasteiger partial charge in [0.15, 0.2) is 0 Å². The van der Waals surface area contributed by atoms with Crippen molar-refractivity contribution >= 4 is 5.97 Å². The summed E-state index contributed by atoms with van der Waals surface area (Å²) in [6.45, 7) is 0. The second-order valence-corrected chi connectivity index (χ2v) is 3.87. The third-order valence-electron chi connectivity index (χ3n) is 3.08. The average molecular weight is 194 g/mol. The second kappa shape index (κ2) is 3.44. The molecule has 0 bridgehead atoms. The van der Waals surface area contributed by atoms with Gasteiger partial charge in [-0.1, -0.05) is 19.3 Å². The maximum atomic E-state index is 11.3. The molecule has 1 fully saturated rings. The van der Waals surface area contributed by atoms with Gasteiger partial charge < -0.3 is 9.67 Å². The smallest absolute Gasteiger partial charge is 0.329 e. The molecule has 0 aromatic carbocycles. The van der Waals surface area contributed by atoms with Gasteiger partial charge in [0.2, 0.25) is 0 Å². The standard InChI is InChI=1S/C10H14N2O2/c13-9(14)10(4-2-1-3-5-10)12-7-6-11-8-12/h6-8H,1-5H2,(H,13,14). The number of carboxylic acid groups (broad SMARTS) is 1. The Labute approximate surface area is 82.6 Å². The van der Waals surface area contributed by atoms with Crippen LogP contribution in [0.25, 0.3) is 0 Å². The molecule has 0 spiro atoms. The molecule has 0 saturated heterocycles. The fourth-order valence-corrected chi connectivity index (χ4v) is 2.23. The number of aromatic nitrogens is 2. The van der Waals surface area contributed by atoms with E-state index in [1.165, 1.54) is 0 Å². The molecule has 1 heterocycles. The minimum atomic E-state index is -0.727. The van der Waals surface area contributed by atoms with E-state index < -0.39 is 11.5 Å². The number of hydrogen-bond acceptors (Lipinski definition) is 2. The van der Waals surface area contributed by atoms with E-state index in [4.69, 9.17) is 0 Å². The van der Waals surface area contributed by atoms with Crippen LogP contribution in [-0.2, 0) is 10.3 Å². The van der Waals surface area contributed by atoms with E-state index in [0.717, 1.165) is 32.1 Å². The number of imidazole rings is 1. The van der Waals surface area contributed by atoms with Crippen LogP contribution >= 0.6 is 0 Å². The summed E-state index contributed by atoms with van der Waals surface area (Å²) >= 11 is 0. The van der Waals surface area contributed by atoms with E-state index in [1.54, 1.807) is 23.3 Å². The minimum absolute atomic E-state index is 0.721. The van der Waals surface area contributed by atoms with Crippen LogP contribution in [0.4, 0.5) is 0 Å². The summed E-state index contributed by atoms with van der Waals surface area (Å²) in [7, 11) is 0. The van der Waals surface area contributed by atoms with Crippen molar-refractivity contribution < 1.29 is 9.90 Å². The highest BCUT2D eigenvalue weighted by atomic mass is 16.4. The van der Waals surface area contributed by atoms with Gasteiger partial charge in [0.1, 0.15) is 5.54 Å². The molecule has 0 unspecified atom stereocenters. The van der Waals surface area contributed by atoms with Crippen molar-refractivity contribution in [1.82, 2.24) is 9.55 Å². The summed E-state index contributed by atoms with van der Waals surface area (Å²) in [5, 5.41) is 9.31. The maximum absolute atomic E-state index is 11.3. The lowest BCUT2D eigenvalue weighted by molar-refractivity contribution is -0.149. The fraction of sp³-hybridized carbons (Fsp3) is 0.600. The molecular formula is C10H14N2O2. The Bertz CT molecular complexity index is 313.